The Hall–Kier alpha value is -1.05. The molecule has 3 nitrogen and oxygen atoms in total. The highest BCUT2D eigenvalue weighted by Crippen LogP contribution is 2.18. The van der Waals surface area contributed by atoms with Gasteiger partial charge in [0.15, 0.2) is 0 Å². The van der Waals surface area contributed by atoms with Crippen molar-refractivity contribution in [2.24, 2.45) is 0 Å². The number of rotatable bonds is 5. The van der Waals surface area contributed by atoms with Crippen LogP contribution in [-0.2, 0) is 4.74 Å². The van der Waals surface area contributed by atoms with Gasteiger partial charge in [0.25, 0.3) is 0 Å². The molecule has 0 aliphatic carbocycles. The summed E-state index contributed by atoms with van der Waals surface area (Å²) in [4.78, 5) is 0. The Balaban J connectivity index is 2.35. The molecule has 0 spiro atoms. The first-order chi connectivity index (χ1) is 7.61. The van der Waals surface area contributed by atoms with Gasteiger partial charge in [-0.05, 0) is 37.6 Å². The first kappa shape index (κ1) is 13.0. The number of nitrogens with one attached hydrogen (secondary N) is 1. The summed E-state index contributed by atoms with van der Waals surface area (Å²) in [5, 5.41) is 11.8. The van der Waals surface area contributed by atoms with Crippen molar-refractivity contribution in [3.05, 3.63) is 28.2 Å². The van der Waals surface area contributed by atoms with Crippen molar-refractivity contribution in [1.82, 2.24) is 0 Å². The number of hydrogen-bond acceptors (Lipinski definition) is 3. The van der Waals surface area contributed by atoms with Crippen LogP contribution >= 0.6 is 15.9 Å². The molecule has 86 valence electrons. The molecule has 1 atom stereocenters. The number of nitrogens with zero attached hydrogens (tertiary/aromatic N) is 1. The van der Waals surface area contributed by atoms with Gasteiger partial charge in [0.1, 0.15) is 6.10 Å². The van der Waals surface area contributed by atoms with Gasteiger partial charge in [-0.15, -0.1) is 0 Å². The second kappa shape index (κ2) is 6.51. The molecule has 0 heterocycles. The molecular weight excluding hydrogens is 268 g/mol. The van der Waals surface area contributed by atoms with Gasteiger partial charge in [-0.2, -0.15) is 5.26 Å². The Morgan fingerprint density at radius 2 is 2.25 bits per heavy atom. The Morgan fingerprint density at radius 3 is 2.88 bits per heavy atom. The molecule has 16 heavy (non-hydrogen) atoms. The molecule has 1 rings (SSSR count). The fourth-order valence-corrected chi connectivity index (χ4v) is 1.91. The highest BCUT2D eigenvalue weighted by molar-refractivity contribution is 9.10. The van der Waals surface area contributed by atoms with E-state index in [1.165, 1.54) is 5.56 Å². The van der Waals surface area contributed by atoms with Crippen LogP contribution in [0.5, 0.6) is 0 Å². The van der Waals surface area contributed by atoms with Crippen LogP contribution in [0.2, 0.25) is 0 Å². The largest absolute Gasteiger partial charge is 0.383 e. The van der Waals surface area contributed by atoms with Gasteiger partial charge in [0, 0.05) is 16.7 Å². The van der Waals surface area contributed by atoms with E-state index in [4.69, 9.17) is 10.00 Å². The molecule has 0 saturated carbocycles. The lowest BCUT2D eigenvalue weighted by atomic mass is 10.2. The van der Waals surface area contributed by atoms with Crippen LogP contribution in [0.4, 0.5) is 5.69 Å². The molecule has 0 radical (unpaired) electrons. The van der Waals surface area contributed by atoms with E-state index in [1.54, 1.807) is 6.92 Å². The lowest BCUT2D eigenvalue weighted by molar-refractivity contribution is 0.111. The minimum absolute atomic E-state index is 0.342. The molecule has 0 aromatic heterocycles. The summed E-state index contributed by atoms with van der Waals surface area (Å²) in [6, 6.07) is 8.16. The van der Waals surface area contributed by atoms with E-state index < -0.39 is 0 Å². The summed E-state index contributed by atoms with van der Waals surface area (Å²) in [5.74, 6) is 0. The molecular formula is C12H15BrN2O. The van der Waals surface area contributed by atoms with Crippen LogP contribution in [0, 0.1) is 18.3 Å². The van der Waals surface area contributed by atoms with Crippen molar-refractivity contribution in [3.8, 4) is 6.07 Å². The molecule has 1 N–H and O–H groups in total. The number of halogens is 1. The van der Waals surface area contributed by atoms with Crippen LogP contribution in [0.15, 0.2) is 22.7 Å². The van der Waals surface area contributed by atoms with Crippen LogP contribution in [0.25, 0.3) is 0 Å². The number of nitriles is 1. The third-order valence-corrected chi connectivity index (χ3v) is 2.48. The van der Waals surface area contributed by atoms with Crippen molar-refractivity contribution in [1.29, 1.82) is 5.26 Å². The van der Waals surface area contributed by atoms with E-state index in [0.717, 1.165) is 10.2 Å². The van der Waals surface area contributed by atoms with E-state index in [2.05, 4.69) is 33.4 Å². The van der Waals surface area contributed by atoms with Gasteiger partial charge < -0.3 is 10.1 Å². The summed E-state index contributed by atoms with van der Waals surface area (Å²) in [6.07, 6.45) is -0.342. The summed E-state index contributed by atoms with van der Waals surface area (Å²) >= 11 is 3.44. The maximum Gasteiger partial charge on any atom is 0.141 e. The Morgan fingerprint density at radius 1 is 1.50 bits per heavy atom. The van der Waals surface area contributed by atoms with Gasteiger partial charge in [0.05, 0.1) is 12.7 Å². The molecule has 0 bridgehead atoms. The number of hydrogen-bond donors (Lipinski definition) is 1. The fourth-order valence-electron chi connectivity index (χ4n) is 1.31. The maximum atomic E-state index is 8.52. The molecule has 0 fully saturated rings. The lowest BCUT2D eigenvalue weighted by Gasteiger charge is -2.09. The number of benzene rings is 1. The Bertz CT molecular complexity index is 367. The summed E-state index contributed by atoms with van der Waals surface area (Å²) < 4.78 is 6.29. The van der Waals surface area contributed by atoms with Crippen LogP contribution in [0.1, 0.15) is 12.5 Å². The average molecular weight is 283 g/mol. The SMILES string of the molecule is Cc1cc(Br)cc(NCCOC(C)C#N)c1. The first-order valence-electron chi connectivity index (χ1n) is 5.14. The minimum atomic E-state index is -0.342. The predicted molar refractivity (Wildman–Crippen MR) is 68.4 cm³/mol. The van der Waals surface area contributed by atoms with Crippen LogP contribution < -0.4 is 5.32 Å². The number of aryl methyl sites for hydroxylation is 1. The second-order valence-corrected chi connectivity index (χ2v) is 4.50. The van der Waals surface area contributed by atoms with Crippen molar-refractivity contribution >= 4 is 21.6 Å². The smallest absolute Gasteiger partial charge is 0.141 e. The summed E-state index contributed by atoms with van der Waals surface area (Å²) in [6.45, 7) is 5.01. The summed E-state index contributed by atoms with van der Waals surface area (Å²) in [5.41, 5.74) is 2.25. The predicted octanol–water partition coefficient (Wildman–Crippen LogP) is 3.10. The normalized spacial score (nSPS) is 11.9. The molecule has 1 unspecified atom stereocenters. The zero-order valence-electron chi connectivity index (χ0n) is 9.46. The van der Waals surface area contributed by atoms with Gasteiger partial charge >= 0.3 is 0 Å². The van der Waals surface area contributed by atoms with Crippen molar-refractivity contribution in [2.75, 3.05) is 18.5 Å². The maximum absolute atomic E-state index is 8.52. The molecule has 1 aromatic rings. The number of anilines is 1. The Labute approximate surface area is 105 Å². The molecule has 1 aromatic carbocycles. The molecule has 0 amide bonds. The average Bonchev–Trinajstić information content (AvgIpc) is 2.22. The molecule has 0 aliphatic heterocycles. The van der Waals surface area contributed by atoms with E-state index in [0.29, 0.717) is 13.2 Å². The van der Waals surface area contributed by atoms with Gasteiger partial charge in [0.2, 0.25) is 0 Å². The zero-order valence-corrected chi connectivity index (χ0v) is 11.0. The highest BCUT2D eigenvalue weighted by atomic mass is 79.9. The molecule has 0 saturated heterocycles. The minimum Gasteiger partial charge on any atom is -0.383 e. The quantitative estimate of drug-likeness (QED) is 0.844. The third kappa shape index (κ3) is 4.65. The van der Waals surface area contributed by atoms with Crippen LogP contribution in [-0.4, -0.2) is 19.3 Å². The number of ether oxygens (including phenoxy) is 1. The second-order valence-electron chi connectivity index (χ2n) is 3.59. The van der Waals surface area contributed by atoms with E-state index >= 15 is 0 Å². The highest BCUT2D eigenvalue weighted by Gasteiger charge is 1.99. The third-order valence-electron chi connectivity index (χ3n) is 2.02. The van der Waals surface area contributed by atoms with Gasteiger partial charge in [-0.3, -0.25) is 0 Å². The zero-order chi connectivity index (χ0) is 12.0. The summed E-state index contributed by atoms with van der Waals surface area (Å²) in [7, 11) is 0. The van der Waals surface area contributed by atoms with Crippen LogP contribution in [0.3, 0.4) is 0 Å². The topological polar surface area (TPSA) is 45.0 Å². The molecule has 0 aliphatic rings. The van der Waals surface area contributed by atoms with Gasteiger partial charge in [-0.25, -0.2) is 0 Å². The van der Waals surface area contributed by atoms with Crippen molar-refractivity contribution in [3.63, 3.8) is 0 Å². The fraction of sp³-hybridized carbons (Fsp3) is 0.417. The van der Waals surface area contributed by atoms with E-state index in [1.807, 2.05) is 19.1 Å². The lowest BCUT2D eigenvalue weighted by Crippen LogP contribution is -2.14. The Kier molecular flexibility index (Phi) is 5.30. The standard InChI is InChI=1S/C12H15BrN2O/c1-9-5-11(13)7-12(6-9)15-3-4-16-10(2)8-14/h5-7,10,15H,3-4H2,1-2H3. The van der Waals surface area contributed by atoms with E-state index in [9.17, 15) is 0 Å². The van der Waals surface area contributed by atoms with Crippen molar-refractivity contribution < 1.29 is 4.74 Å². The molecule has 4 heteroatoms. The first-order valence-corrected chi connectivity index (χ1v) is 5.93. The monoisotopic (exact) mass is 282 g/mol. The van der Waals surface area contributed by atoms with E-state index in [-0.39, 0.29) is 6.10 Å². The van der Waals surface area contributed by atoms with Gasteiger partial charge in [-0.1, -0.05) is 15.9 Å². The van der Waals surface area contributed by atoms with Crippen molar-refractivity contribution in [2.45, 2.75) is 20.0 Å².